The molecule has 0 fully saturated rings. The SMILES string of the molecule is CCC(C(=O)NCc1ccncc1)N(c1ccccc1F)S(C)(=O)=O. The lowest BCUT2D eigenvalue weighted by Crippen LogP contribution is -2.49. The molecule has 2 aromatic rings. The van der Waals surface area contributed by atoms with E-state index < -0.39 is 27.8 Å². The van der Waals surface area contributed by atoms with Crippen LogP contribution in [-0.4, -0.2) is 31.6 Å². The van der Waals surface area contributed by atoms with Gasteiger partial charge in [0.2, 0.25) is 15.9 Å². The molecule has 2 rings (SSSR count). The van der Waals surface area contributed by atoms with E-state index in [-0.39, 0.29) is 18.7 Å². The number of halogens is 1. The minimum atomic E-state index is -3.86. The predicted molar refractivity (Wildman–Crippen MR) is 93.9 cm³/mol. The molecule has 0 aliphatic heterocycles. The number of nitrogens with zero attached hydrogens (tertiary/aromatic N) is 2. The number of benzene rings is 1. The van der Waals surface area contributed by atoms with Gasteiger partial charge >= 0.3 is 0 Å². The molecule has 0 saturated heterocycles. The van der Waals surface area contributed by atoms with Gasteiger partial charge in [0.15, 0.2) is 0 Å². The quantitative estimate of drug-likeness (QED) is 0.815. The maximum absolute atomic E-state index is 14.1. The van der Waals surface area contributed by atoms with Crippen LogP contribution in [0.5, 0.6) is 0 Å². The molecule has 134 valence electrons. The summed E-state index contributed by atoms with van der Waals surface area (Å²) in [5, 5.41) is 2.70. The summed E-state index contributed by atoms with van der Waals surface area (Å²) in [5.41, 5.74) is 0.686. The number of rotatable bonds is 7. The van der Waals surface area contributed by atoms with E-state index >= 15 is 0 Å². The molecule has 0 radical (unpaired) electrons. The molecule has 1 N–H and O–H groups in total. The van der Waals surface area contributed by atoms with Crippen molar-refractivity contribution in [2.24, 2.45) is 0 Å². The molecule has 1 amide bonds. The van der Waals surface area contributed by atoms with E-state index in [1.54, 1.807) is 31.5 Å². The monoisotopic (exact) mass is 365 g/mol. The van der Waals surface area contributed by atoms with Crippen molar-refractivity contribution < 1.29 is 17.6 Å². The van der Waals surface area contributed by atoms with Crippen LogP contribution in [0.15, 0.2) is 48.8 Å². The summed E-state index contributed by atoms with van der Waals surface area (Å²) < 4.78 is 39.4. The second kappa shape index (κ2) is 8.06. The third-order valence-corrected chi connectivity index (χ3v) is 4.80. The Balaban J connectivity index is 2.27. The zero-order valence-electron chi connectivity index (χ0n) is 14.0. The Labute approximate surface area is 146 Å². The number of pyridine rings is 1. The molecule has 0 bridgehead atoms. The second-order valence-electron chi connectivity index (χ2n) is 5.51. The molecule has 0 saturated carbocycles. The van der Waals surface area contributed by atoms with Crippen LogP contribution in [0.3, 0.4) is 0 Å². The normalized spacial score (nSPS) is 12.4. The highest BCUT2D eigenvalue weighted by Crippen LogP contribution is 2.25. The maximum atomic E-state index is 14.1. The average molecular weight is 365 g/mol. The van der Waals surface area contributed by atoms with Crippen molar-refractivity contribution in [1.29, 1.82) is 0 Å². The van der Waals surface area contributed by atoms with Crippen LogP contribution in [0.2, 0.25) is 0 Å². The van der Waals surface area contributed by atoms with Crippen molar-refractivity contribution >= 4 is 21.6 Å². The first-order chi connectivity index (χ1) is 11.8. The number of para-hydroxylation sites is 1. The van der Waals surface area contributed by atoms with E-state index in [0.29, 0.717) is 0 Å². The molecule has 6 nitrogen and oxygen atoms in total. The lowest BCUT2D eigenvalue weighted by molar-refractivity contribution is -0.122. The standard InChI is InChI=1S/C17H20FN3O3S/c1-3-15(17(22)20-12-13-8-10-19-11-9-13)21(25(2,23)24)16-7-5-4-6-14(16)18/h4-11,15H,3,12H2,1-2H3,(H,20,22). The topological polar surface area (TPSA) is 79.4 Å². The Morgan fingerprint density at radius 3 is 2.44 bits per heavy atom. The van der Waals surface area contributed by atoms with E-state index in [4.69, 9.17) is 0 Å². The summed E-state index contributed by atoms with van der Waals surface area (Å²) in [6.07, 6.45) is 4.35. The first-order valence-electron chi connectivity index (χ1n) is 7.75. The minimum absolute atomic E-state index is 0.143. The van der Waals surface area contributed by atoms with Crippen LogP contribution in [0.4, 0.5) is 10.1 Å². The summed E-state index contributed by atoms with van der Waals surface area (Å²) in [6, 6.07) is 7.93. The Hall–Kier alpha value is -2.48. The minimum Gasteiger partial charge on any atom is -0.350 e. The fourth-order valence-corrected chi connectivity index (χ4v) is 3.69. The molecule has 1 aromatic heterocycles. The van der Waals surface area contributed by atoms with Gasteiger partial charge in [0.1, 0.15) is 11.9 Å². The van der Waals surface area contributed by atoms with Crippen LogP contribution in [-0.2, 0) is 21.4 Å². The highest BCUT2D eigenvalue weighted by atomic mass is 32.2. The van der Waals surface area contributed by atoms with Gasteiger partial charge in [-0.3, -0.25) is 14.1 Å². The van der Waals surface area contributed by atoms with Gasteiger partial charge in [0, 0.05) is 18.9 Å². The predicted octanol–water partition coefficient (Wildman–Crippen LogP) is 2.08. The summed E-state index contributed by atoms with van der Waals surface area (Å²) in [5.74, 6) is -1.19. The van der Waals surface area contributed by atoms with Gasteiger partial charge in [0.25, 0.3) is 0 Å². The number of anilines is 1. The van der Waals surface area contributed by atoms with Crippen molar-refractivity contribution in [1.82, 2.24) is 10.3 Å². The van der Waals surface area contributed by atoms with Crippen LogP contribution in [0, 0.1) is 5.82 Å². The lowest BCUT2D eigenvalue weighted by Gasteiger charge is -2.30. The second-order valence-corrected chi connectivity index (χ2v) is 7.37. The highest BCUT2D eigenvalue weighted by molar-refractivity contribution is 7.92. The molecule has 1 heterocycles. The van der Waals surface area contributed by atoms with E-state index in [1.165, 1.54) is 18.2 Å². The van der Waals surface area contributed by atoms with Gasteiger partial charge in [-0.05, 0) is 36.2 Å². The molecule has 25 heavy (non-hydrogen) atoms. The largest absolute Gasteiger partial charge is 0.350 e. The number of sulfonamides is 1. The highest BCUT2D eigenvalue weighted by Gasteiger charge is 2.32. The number of aromatic nitrogens is 1. The molecule has 1 atom stereocenters. The van der Waals surface area contributed by atoms with Gasteiger partial charge in [-0.2, -0.15) is 0 Å². The Kier molecular flexibility index (Phi) is 6.08. The van der Waals surface area contributed by atoms with Crippen molar-refractivity contribution in [2.45, 2.75) is 25.9 Å². The molecule has 0 aliphatic rings. The number of amides is 1. The smallest absolute Gasteiger partial charge is 0.244 e. The lowest BCUT2D eigenvalue weighted by atomic mass is 10.1. The van der Waals surface area contributed by atoms with E-state index in [1.807, 2.05) is 0 Å². The Morgan fingerprint density at radius 1 is 1.24 bits per heavy atom. The first kappa shape index (κ1) is 18.9. The van der Waals surface area contributed by atoms with E-state index in [9.17, 15) is 17.6 Å². The number of nitrogens with one attached hydrogen (secondary N) is 1. The van der Waals surface area contributed by atoms with Crippen molar-refractivity contribution in [2.75, 3.05) is 10.6 Å². The van der Waals surface area contributed by atoms with Gasteiger partial charge in [-0.15, -0.1) is 0 Å². The zero-order chi connectivity index (χ0) is 18.4. The van der Waals surface area contributed by atoms with Gasteiger partial charge < -0.3 is 5.32 Å². The molecular formula is C17H20FN3O3S. The Morgan fingerprint density at radius 2 is 1.88 bits per heavy atom. The van der Waals surface area contributed by atoms with Crippen LogP contribution in [0.1, 0.15) is 18.9 Å². The Bertz CT molecular complexity index is 828. The van der Waals surface area contributed by atoms with Gasteiger partial charge in [0.05, 0.1) is 11.9 Å². The molecule has 0 spiro atoms. The van der Waals surface area contributed by atoms with Gasteiger partial charge in [-0.1, -0.05) is 19.1 Å². The van der Waals surface area contributed by atoms with Crippen LogP contribution in [0.25, 0.3) is 0 Å². The molecule has 1 aromatic carbocycles. The zero-order valence-corrected chi connectivity index (χ0v) is 14.8. The molecule has 1 unspecified atom stereocenters. The summed E-state index contributed by atoms with van der Waals surface area (Å²) >= 11 is 0. The van der Waals surface area contributed by atoms with E-state index in [2.05, 4.69) is 10.3 Å². The number of hydrogen-bond acceptors (Lipinski definition) is 4. The maximum Gasteiger partial charge on any atom is 0.244 e. The van der Waals surface area contributed by atoms with Gasteiger partial charge in [-0.25, -0.2) is 12.8 Å². The third-order valence-electron chi connectivity index (χ3n) is 3.64. The molecular weight excluding hydrogens is 345 g/mol. The molecule has 8 heteroatoms. The summed E-state index contributed by atoms with van der Waals surface area (Å²) in [7, 11) is -3.86. The van der Waals surface area contributed by atoms with Crippen molar-refractivity contribution in [3.05, 3.63) is 60.2 Å². The number of carbonyl (C=O) groups excluding carboxylic acids is 1. The molecule has 0 aliphatic carbocycles. The number of carbonyl (C=O) groups is 1. The summed E-state index contributed by atoms with van der Waals surface area (Å²) in [6.45, 7) is 1.91. The van der Waals surface area contributed by atoms with Crippen LogP contribution < -0.4 is 9.62 Å². The third kappa shape index (κ3) is 4.76. The van der Waals surface area contributed by atoms with E-state index in [0.717, 1.165) is 22.2 Å². The first-order valence-corrected chi connectivity index (χ1v) is 9.60. The fourth-order valence-electron chi connectivity index (χ4n) is 2.47. The van der Waals surface area contributed by atoms with Crippen molar-refractivity contribution in [3.8, 4) is 0 Å². The fraction of sp³-hybridized carbons (Fsp3) is 0.294. The van der Waals surface area contributed by atoms with Crippen LogP contribution >= 0.6 is 0 Å². The number of hydrogen-bond donors (Lipinski definition) is 1. The van der Waals surface area contributed by atoms with Crippen molar-refractivity contribution in [3.63, 3.8) is 0 Å². The summed E-state index contributed by atoms with van der Waals surface area (Å²) in [4.78, 5) is 16.5. The average Bonchev–Trinajstić information content (AvgIpc) is 2.58.